The molecule has 0 aliphatic heterocycles. The van der Waals surface area contributed by atoms with Gasteiger partial charge in [0.1, 0.15) is 5.75 Å². The summed E-state index contributed by atoms with van der Waals surface area (Å²) in [7, 11) is 1.38. The summed E-state index contributed by atoms with van der Waals surface area (Å²) in [6.45, 7) is 2.11. The van der Waals surface area contributed by atoms with Crippen LogP contribution in [0.4, 0.5) is 0 Å². The number of ether oxygens (including phenoxy) is 1. The lowest BCUT2D eigenvalue weighted by atomic mass is 10.1. The van der Waals surface area contributed by atoms with Crippen molar-refractivity contribution in [3.63, 3.8) is 0 Å². The van der Waals surface area contributed by atoms with Crippen LogP contribution in [0.5, 0.6) is 5.75 Å². The smallest absolute Gasteiger partial charge is 0.305 e. The summed E-state index contributed by atoms with van der Waals surface area (Å²) in [6.07, 6.45) is 6.05. The highest BCUT2D eigenvalue weighted by atomic mass is 16.5. The van der Waals surface area contributed by atoms with Crippen molar-refractivity contribution < 1.29 is 19.7 Å². The van der Waals surface area contributed by atoms with E-state index in [1.165, 1.54) is 13.3 Å². The summed E-state index contributed by atoms with van der Waals surface area (Å²) in [5.41, 5.74) is 1.57. The lowest BCUT2D eigenvalue weighted by Gasteiger charge is -2.06. The van der Waals surface area contributed by atoms with Gasteiger partial charge in [0.15, 0.2) is 0 Å². The standard InChI is InChI=1S/C15H22N2O4/c1-11-15(20)13(12(10-18)8-17-11)9-16-7-5-3-4-6-14(19)21-2/h8-9,18,20H,3-7,10H2,1-2H3. The molecule has 1 heterocycles. The van der Waals surface area contributed by atoms with Gasteiger partial charge in [-0.05, 0) is 19.8 Å². The molecule has 0 spiro atoms. The van der Waals surface area contributed by atoms with Gasteiger partial charge in [0.25, 0.3) is 0 Å². The molecule has 0 saturated carbocycles. The van der Waals surface area contributed by atoms with Gasteiger partial charge in [-0.3, -0.25) is 14.8 Å². The number of methoxy groups -OCH3 is 1. The predicted molar refractivity (Wildman–Crippen MR) is 79.5 cm³/mol. The zero-order valence-electron chi connectivity index (χ0n) is 12.5. The molecule has 0 aliphatic carbocycles. The Labute approximate surface area is 124 Å². The average Bonchev–Trinajstić information content (AvgIpc) is 2.50. The number of esters is 1. The minimum absolute atomic E-state index is 0.0518. The van der Waals surface area contributed by atoms with Crippen molar-refractivity contribution >= 4 is 12.2 Å². The molecule has 0 saturated heterocycles. The van der Waals surface area contributed by atoms with E-state index in [9.17, 15) is 15.0 Å². The van der Waals surface area contributed by atoms with E-state index in [2.05, 4.69) is 14.7 Å². The SMILES string of the molecule is COC(=O)CCCCCN=Cc1c(CO)cnc(C)c1O. The minimum Gasteiger partial charge on any atom is -0.505 e. The fourth-order valence-corrected chi connectivity index (χ4v) is 1.83. The molecule has 0 bridgehead atoms. The second kappa shape index (κ2) is 9.07. The van der Waals surface area contributed by atoms with Crippen LogP contribution >= 0.6 is 0 Å². The van der Waals surface area contributed by atoms with Gasteiger partial charge >= 0.3 is 5.97 Å². The van der Waals surface area contributed by atoms with E-state index in [1.54, 1.807) is 13.1 Å². The minimum atomic E-state index is -0.193. The Bertz CT molecular complexity index is 501. The summed E-state index contributed by atoms with van der Waals surface area (Å²) in [6, 6.07) is 0. The molecule has 6 heteroatoms. The Morgan fingerprint density at radius 2 is 2.19 bits per heavy atom. The highest BCUT2D eigenvalue weighted by Crippen LogP contribution is 2.21. The van der Waals surface area contributed by atoms with E-state index >= 15 is 0 Å². The number of rotatable bonds is 8. The largest absolute Gasteiger partial charge is 0.505 e. The van der Waals surface area contributed by atoms with E-state index < -0.39 is 0 Å². The number of unbranched alkanes of at least 4 members (excludes halogenated alkanes) is 2. The zero-order chi connectivity index (χ0) is 15.7. The van der Waals surface area contributed by atoms with Gasteiger partial charge in [-0.1, -0.05) is 6.42 Å². The van der Waals surface area contributed by atoms with Crippen molar-refractivity contribution in [3.05, 3.63) is 23.0 Å². The van der Waals surface area contributed by atoms with E-state index in [0.29, 0.717) is 29.8 Å². The molecule has 0 atom stereocenters. The molecular formula is C15H22N2O4. The van der Waals surface area contributed by atoms with Gasteiger partial charge in [0.05, 0.1) is 19.4 Å². The summed E-state index contributed by atoms with van der Waals surface area (Å²) in [4.78, 5) is 19.2. The van der Waals surface area contributed by atoms with Crippen LogP contribution in [-0.2, 0) is 16.1 Å². The number of hydrogen-bond acceptors (Lipinski definition) is 6. The van der Waals surface area contributed by atoms with Crippen molar-refractivity contribution in [2.24, 2.45) is 4.99 Å². The number of aliphatic imine (C=N–C) groups is 1. The maximum absolute atomic E-state index is 10.9. The predicted octanol–water partition coefficient (Wildman–Crippen LogP) is 1.74. The highest BCUT2D eigenvalue weighted by Gasteiger charge is 2.08. The van der Waals surface area contributed by atoms with E-state index in [4.69, 9.17) is 0 Å². The van der Waals surface area contributed by atoms with Gasteiger partial charge in [-0.2, -0.15) is 0 Å². The fourth-order valence-electron chi connectivity index (χ4n) is 1.83. The number of aryl methyl sites for hydroxylation is 1. The molecule has 116 valence electrons. The van der Waals surface area contributed by atoms with Crippen LogP contribution in [0.2, 0.25) is 0 Å². The Kier molecular flexibility index (Phi) is 7.39. The van der Waals surface area contributed by atoms with Crippen molar-refractivity contribution in [2.75, 3.05) is 13.7 Å². The maximum atomic E-state index is 10.9. The second-order valence-electron chi connectivity index (χ2n) is 4.71. The van der Waals surface area contributed by atoms with Crippen LogP contribution in [0, 0.1) is 6.92 Å². The molecule has 1 rings (SSSR count). The molecule has 0 aliphatic rings. The number of aliphatic hydroxyl groups is 1. The summed E-state index contributed by atoms with van der Waals surface area (Å²) >= 11 is 0. The Morgan fingerprint density at radius 1 is 1.43 bits per heavy atom. The van der Waals surface area contributed by atoms with Gasteiger partial charge in [0.2, 0.25) is 0 Å². The Balaban J connectivity index is 2.43. The van der Waals surface area contributed by atoms with Crippen molar-refractivity contribution in [1.82, 2.24) is 4.98 Å². The van der Waals surface area contributed by atoms with Gasteiger partial charge < -0.3 is 14.9 Å². The number of aromatic nitrogens is 1. The van der Waals surface area contributed by atoms with Crippen LogP contribution in [-0.4, -0.2) is 41.0 Å². The number of pyridine rings is 1. The normalized spacial score (nSPS) is 11.0. The van der Waals surface area contributed by atoms with Crippen LogP contribution in [0.15, 0.2) is 11.2 Å². The second-order valence-corrected chi connectivity index (χ2v) is 4.71. The molecule has 0 radical (unpaired) electrons. The number of nitrogens with zero attached hydrogens (tertiary/aromatic N) is 2. The molecule has 0 fully saturated rings. The van der Waals surface area contributed by atoms with Crippen LogP contribution in [0.3, 0.4) is 0 Å². The first-order valence-electron chi connectivity index (χ1n) is 6.95. The monoisotopic (exact) mass is 294 g/mol. The lowest BCUT2D eigenvalue weighted by Crippen LogP contribution is -2.00. The summed E-state index contributed by atoms with van der Waals surface area (Å²) in [5, 5.41) is 19.1. The summed E-state index contributed by atoms with van der Waals surface area (Å²) in [5.74, 6) is -0.140. The third kappa shape index (κ3) is 5.51. The molecule has 1 aromatic heterocycles. The summed E-state index contributed by atoms with van der Waals surface area (Å²) < 4.78 is 4.56. The van der Waals surface area contributed by atoms with E-state index in [-0.39, 0.29) is 18.3 Å². The fraction of sp³-hybridized carbons (Fsp3) is 0.533. The van der Waals surface area contributed by atoms with Gasteiger partial charge in [0, 0.05) is 36.5 Å². The Morgan fingerprint density at radius 3 is 2.86 bits per heavy atom. The Hall–Kier alpha value is -1.95. The van der Waals surface area contributed by atoms with Gasteiger partial charge in [-0.25, -0.2) is 0 Å². The van der Waals surface area contributed by atoms with Crippen molar-refractivity contribution in [3.8, 4) is 5.75 Å². The first-order valence-corrected chi connectivity index (χ1v) is 6.95. The molecule has 0 amide bonds. The van der Waals surface area contributed by atoms with Crippen molar-refractivity contribution in [1.29, 1.82) is 0 Å². The number of carbonyl (C=O) groups is 1. The number of aromatic hydroxyl groups is 1. The number of hydrogen-bond donors (Lipinski definition) is 2. The quantitative estimate of drug-likeness (QED) is 0.433. The molecule has 1 aromatic rings. The topological polar surface area (TPSA) is 92.0 Å². The molecule has 21 heavy (non-hydrogen) atoms. The molecular weight excluding hydrogens is 272 g/mol. The van der Waals surface area contributed by atoms with Crippen LogP contribution < -0.4 is 0 Å². The third-order valence-electron chi connectivity index (χ3n) is 3.14. The zero-order valence-corrected chi connectivity index (χ0v) is 12.5. The highest BCUT2D eigenvalue weighted by molar-refractivity contribution is 5.85. The van der Waals surface area contributed by atoms with E-state index in [1.807, 2.05) is 0 Å². The third-order valence-corrected chi connectivity index (χ3v) is 3.14. The van der Waals surface area contributed by atoms with E-state index in [0.717, 1.165) is 19.3 Å². The first kappa shape index (κ1) is 17.1. The average molecular weight is 294 g/mol. The molecule has 2 N–H and O–H groups in total. The van der Waals surface area contributed by atoms with Crippen LogP contribution in [0.25, 0.3) is 0 Å². The van der Waals surface area contributed by atoms with Crippen molar-refractivity contribution in [2.45, 2.75) is 39.2 Å². The molecule has 0 aromatic carbocycles. The van der Waals surface area contributed by atoms with Crippen LogP contribution in [0.1, 0.15) is 42.5 Å². The molecule has 0 unspecified atom stereocenters. The maximum Gasteiger partial charge on any atom is 0.305 e. The number of carbonyl (C=O) groups excluding carboxylic acids is 1. The lowest BCUT2D eigenvalue weighted by molar-refractivity contribution is -0.140. The number of aliphatic hydroxyl groups excluding tert-OH is 1. The first-order chi connectivity index (χ1) is 10.1. The molecule has 6 nitrogen and oxygen atoms in total. The van der Waals surface area contributed by atoms with Gasteiger partial charge in [-0.15, -0.1) is 0 Å².